The lowest BCUT2D eigenvalue weighted by atomic mass is 10.1. The Labute approximate surface area is 128 Å². The molecule has 1 N–H and O–H groups in total. The molecule has 0 saturated carbocycles. The number of methoxy groups -OCH3 is 1. The molecule has 106 valence electrons. The van der Waals surface area contributed by atoms with E-state index >= 15 is 0 Å². The van der Waals surface area contributed by atoms with E-state index in [2.05, 4.69) is 13.8 Å². The van der Waals surface area contributed by atoms with Gasteiger partial charge in [-0.25, -0.2) is 0 Å². The smallest absolute Gasteiger partial charge is 0.137 e. The van der Waals surface area contributed by atoms with Crippen LogP contribution in [-0.4, -0.2) is 33.7 Å². The highest BCUT2D eigenvalue weighted by molar-refractivity contribution is 8.07. The molecule has 1 saturated heterocycles. The number of hydrogen-bond donors (Lipinski definition) is 1. The maximum absolute atomic E-state index is 10.5. The highest BCUT2D eigenvalue weighted by atomic mass is 35.5. The molecule has 0 aromatic heterocycles. The van der Waals surface area contributed by atoms with Crippen LogP contribution in [0.2, 0.25) is 5.02 Å². The van der Waals surface area contributed by atoms with E-state index in [0.29, 0.717) is 21.3 Å². The van der Waals surface area contributed by atoms with Gasteiger partial charge in [0.2, 0.25) is 0 Å². The van der Waals surface area contributed by atoms with Gasteiger partial charge in [-0.2, -0.15) is 23.5 Å². The third kappa shape index (κ3) is 3.54. The summed E-state index contributed by atoms with van der Waals surface area (Å²) in [6, 6.07) is 5.50. The van der Waals surface area contributed by atoms with Crippen molar-refractivity contribution in [3.63, 3.8) is 0 Å². The standard InChI is InChI=1S/C14H19ClO2S2/c1-8-9(2)19-13(7-18-8)14(16)10-4-5-11(15)12(6-10)17-3/h4-6,8-9,13-14,16H,7H2,1-3H3. The monoisotopic (exact) mass is 318 g/mol. The summed E-state index contributed by atoms with van der Waals surface area (Å²) in [6.07, 6.45) is -0.474. The number of ether oxygens (including phenoxy) is 1. The van der Waals surface area contributed by atoms with Crippen molar-refractivity contribution in [3.05, 3.63) is 28.8 Å². The zero-order valence-corrected chi connectivity index (χ0v) is 13.7. The average molecular weight is 319 g/mol. The van der Waals surface area contributed by atoms with Gasteiger partial charge in [0.05, 0.1) is 18.2 Å². The molecule has 5 heteroatoms. The summed E-state index contributed by atoms with van der Waals surface area (Å²) in [6.45, 7) is 4.47. The first-order chi connectivity index (χ1) is 9.02. The minimum atomic E-state index is -0.474. The van der Waals surface area contributed by atoms with Crippen LogP contribution >= 0.6 is 35.1 Å². The molecule has 0 bridgehead atoms. The molecule has 1 aliphatic heterocycles. The van der Waals surface area contributed by atoms with Crippen LogP contribution in [0.4, 0.5) is 0 Å². The lowest BCUT2D eigenvalue weighted by molar-refractivity contribution is 0.180. The van der Waals surface area contributed by atoms with Crippen molar-refractivity contribution >= 4 is 35.1 Å². The van der Waals surface area contributed by atoms with Crippen molar-refractivity contribution < 1.29 is 9.84 Å². The molecular formula is C14H19ClO2S2. The maximum Gasteiger partial charge on any atom is 0.137 e. The summed E-state index contributed by atoms with van der Waals surface area (Å²) in [4.78, 5) is 0. The number of rotatable bonds is 3. The van der Waals surface area contributed by atoms with E-state index in [4.69, 9.17) is 16.3 Å². The molecule has 0 spiro atoms. The summed E-state index contributed by atoms with van der Waals surface area (Å²) in [5, 5.41) is 12.5. The van der Waals surface area contributed by atoms with Crippen LogP contribution < -0.4 is 4.74 Å². The molecule has 1 aromatic carbocycles. The molecule has 19 heavy (non-hydrogen) atoms. The van der Waals surface area contributed by atoms with Crippen molar-refractivity contribution in [2.24, 2.45) is 0 Å². The van der Waals surface area contributed by atoms with E-state index in [0.717, 1.165) is 11.3 Å². The Morgan fingerprint density at radius 2 is 2.11 bits per heavy atom. The first-order valence-corrected chi connectivity index (χ1v) is 8.68. The van der Waals surface area contributed by atoms with Crippen LogP contribution in [0.5, 0.6) is 5.75 Å². The summed E-state index contributed by atoms with van der Waals surface area (Å²) in [5.41, 5.74) is 0.876. The van der Waals surface area contributed by atoms with E-state index < -0.39 is 6.10 Å². The molecule has 0 amide bonds. The molecule has 1 heterocycles. The average Bonchev–Trinajstić information content (AvgIpc) is 2.41. The predicted octanol–water partition coefficient (Wildman–Crippen LogP) is 4.01. The van der Waals surface area contributed by atoms with Gasteiger partial charge in [-0.1, -0.05) is 31.5 Å². The molecular weight excluding hydrogens is 300 g/mol. The van der Waals surface area contributed by atoms with E-state index in [9.17, 15) is 5.11 Å². The number of benzene rings is 1. The summed E-state index contributed by atoms with van der Waals surface area (Å²) in [7, 11) is 1.59. The van der Waals surface area contributed by atoms with Crippen molar-refractivity contribution in [2.75, 3.05) is 12.9 Å². The Morgan fingerprint density at radius 1 is 1.37 bits per heavy atom. The van der Waals surface area contributed by atoms with Gasteiger partial charge in [0.15, 0.2) is 0 Å². The van der Waals surface area contributed by atoms with Crippen LogP contribution in [0, 0.1) is 0 Å². The topological polar surface area (TPSA) is 29.5 Å². The Bertz CT molecular complexity index is 441. The van der Waals surface area contributed by atoms with E-state index in [1.165, 1.54) is 0 Å². The van der Waals surface area contributed by atoms with Gasteiger partial charge in [0, 0.05) is 21.5 Å². The molecule has 0 aliphatic carbocycles. The van der Waals surface area contributed by atoms with E-state index in [1.54, 1.807) is 13.2 Å². The van der Waals surface area contributed by atoms with Gasteiger partial charge in [0.1, 0.15) is 5.75 Å². The number of hydrogen-bond acceptors (Lipinski definition) is 4. The highest BCUT2D eigenvalue weighted by Gasteiger charge is 2.31. The van der Waals surface area contributed by atoms with Crippen molar-refractivity contribution in [2.45, 2.75) is 35.7 Å². The minimum Gasteiger partial charge on any atom is -0.495 e. The third-order valence-electron chi connectivity index (χ3n) is 3.44. The quantitative estimate of drug-likeness (QED) is 0.912. The Morgan fingerprint density at radius 3 is 2.74 bits per heavy atom. The Hall–Kier alpha value is -0.0300. The summed E-state index contributed by atoms with van der Waals surface area (Å²) < 4.78 is 5.21. The van der Waals surface area contributed by atoms with Gasteiger partial charge < -0.3 is 9.84 Å². The number of halogens is 1. The molecule has 1 aliphatic rings. The summed E-state index contributed by atoms with van der Waals surface area (Å²) >= 11 is 9.82. The highest BCUT2D eigenvalue weighted by Crippen LogP contribution is 2.41. The molecule has 1 fully saturated rings. The molecule has 4 unspecified atom stereocenters. The van der Waals surface area contributed by atoms with Crippen LogP contribution in [0.25, 0.3) is 0 Å². The fraction of sp³-hybridized carbons (Fsp3) is 0.571. The molecule has 1 aromatic rings. The second-order valence-electron chi connectivity index (χ2n) is 4.76. The largest absolute Gasteiger partial charge is 0.495 e. The Kier molecular flexibility index (Phi) is 5.35. The third-order valence-corrected chi connectivity index (χ3v) is 7.24. The second-order valence-corrected chi connectivity index (χ2v) is 8.20. The van der Waals surface area contributed by atoms with Gasteiger partial charge in [-0.3, -0.25) is 0 Å². The maximum atomic E-state index is 10.5. The van der Waals surface area contributed by atoms with Crippen LogP contribution in [0.1, 0.15) is 25.5 Å². The number of thioether (sulfide) groups is 2. The fourth-order valence-electron chi connectivity index (χ4n) is 2.05. The fourth-order valence-corrected chi connectivity index (χ4v) is 5.25. The van der Waals surface area contributed by atoms with Crippen LogP contribution in [-0.2, 0) is 0 Å². The van der Waals surface area contributed by atoms with Gasteiger partial charge in [-0.15, -0.1) is 0 Å². The van der Waals surface area contributed by atoms with Crippen LogP contribution in [0.15, 0.2) is 18.2 Å². The van der Waals surface area contributed by atoms with Gasteiger partial charge >= 0.3 is 0 Å². The second kappa shape index (κ2) is 6.61. The Balaban J connectivity index is 2.13. The van der Waals surface area contributed by atoms with E-state index in [1.807, 2.05) is 35.7 Å². The zero-order chi connectivity index (χ0) is 14.0. The van der Waals surface area contributed by atoms with Crippen molar-refractivity contribution in [1.29, 1.82) is 0 Å². The first kappa shape index (κ1) is 15.4. The lowest BCUT2D eigenvalue weighted by Gasteiger charge is -2.34. The zero-order valence-electron chi connectivity index (χ0n) is 11.3. The molecule has 4 atom stereocenters. The summed E-state index contributed by atoms with van der Waals surface area (Å²) in [5.74, 6) is 1.59. The van der Waals surface area contributed by atoms with Crippen LogP contribution in [0.3, 0.4) is 0 Å². The van der Waals surface area contributed by atoms with E-state index in [-0.39, 0.29) is 5.25 Å². The SMILES string of the molecule is COc1cc(C(O)C2CSC(C)C(C)S2)ccc1Cl. The minimum absolute atomic E-state index is 0.224. The molecule has 2 nitrogen and oxygen atoms in total. The molecule has 2 rings (SSSR count). The normalized spacial score (nSPS) is 29.0. The van der Waals surface area contributed by atoms with Gasteiger partial charge in [0.25, 0.3) is 0 Å². The van der Waals surface area contributed by atoms with Gasteiger partial charge in [-0.05, 0) is 17.7 Å². The molecule has 0 radical (unpaired) electrons. The predicted molar refractivity (Wildman–Crippen MR) is 85.7 cm³/mol. The number of aliphatic hydroxyl groups excluding tert-OH is 1. The van der Waals surface area contributed by atoms with Crippen molar-refractivity contribution in [1.82, 2.24) is 0 Å². The number of aliphatic hydroxyl groups is 1. The van der Waals surface area contributed by atoms with Crippen molar-refractivity contribution in [3.8, 4) is 5.75 Å². The lowest BCUT2D eigenvalue weighted by Crippen LogP contribution is -2.30. The first-order valence-electron chi connectivity index (χ1n) is 6.31.